The molecule has 4 aliphatic carbocycles. The maximum absolute atomic E-state index is 14.4. The van der Waals surface area contributed by atoms with Gasteiger partial charge in [-0.25, -0.2) is 0 Å². The zero-order valence-corrected chi connectivity index (χ0v) is 28.8. The smallest absolute Gasteiger partial charge is 0.308 e. The molecule has 7 nitrogen and oxygen atoms in total. The Hall–Kier alpha value is -2.90. The van der Waals surface area contributed by atoms with Gasteiger partial charge in [0.25, 0.3) is 0 Å². The van der Waals surface area contributed by atoms with E-state index in [9.17, 15) is 14.7 Å². The first kappa shape index (κ1) is 32.3. The van der Waals surface area contributed by atoms with Crippen molar-refractivity contribution in [2.75, 3.05) is 19.6 Å². The lowest BCUT2D eigenvalue weighted by molar-refractivity contribution is -0.144. The number of aryl methyl sites for hydroxylation is 1. The van der Waals surface area contributed by atoms with Gasteiger partial charge in [-0.15, -0.1) is 0 Å². The minimum Gasteiger partial charge on any atom is -0.483 e. The van der Waals surface area contributed by atoms with Crippen LogP contribution in [0.4, 0.5) is 0 Å². The van der Waals surface area contributed by atoms with Crippen molar-refractivity contribution in [2.45, 2.75) is 133 Å². The van der Waals surface area contributed by atoms with E-state index in [1.807, 2.05) is 6.07 Å². The largest absolute Gasteiger partial charge is 0.483 e. The predicted octanol–water partition coefficient (Wildman–Crippen LogP) is 6.61. The Labute approximate surface area is 286 Å². The summed E-state index contributed by atoms with van der Waals surface area (Å²) in [5, 5.41) is 10.2. The Balaban J connectivity index is 1.07. The molecule has 3 saturated carbocycles. The summed E-state index contributed by atoms with van der Waals surface area (Å²) in [5.41, 5.74) is 3.77. The summed E-state index contributed by atoms with van der Waals surface area (Å²) in [6.07, 6.45) is 15.6. The Morgan fingerprint density at radius 1 is 1.02 bits per heavy atom. The lowest BCUT2D eigenvalue weighted by Gasteiger charge is -2.60. The van der Waals surface area contributed by atoms with Gasteiger partial charge in [0.1, 0.15) is 6.10 Å². The molecule has 1 saturated heterocycles. The number of carbonyl (C=O) groups excluding carboxylic acids is 2. The predicted molar refractivity (Wildman–Crippen MR) is 185 cm³/mol. The molecular formula is C41H54N2O5. The average Bonchev–Trinajstić information content (AvgIpc) is 3.67. The highest BCUT2D eigenvalue weighted by Crippen LogP contribution is 2.64. The molecule has 1 amide bonds. The molecule has 2 heterocycles. The highest BCUT2D eigenvalue weighted by Gasteiger charge is 2.67. The van der Waals surface area contributed by atoms with E-state index in [0.717, 1.165) is 83.2 Å². The topological polar surface area (TPSA) is 79.3 Å². The van der Waals surface area contributed by atoms with Crippen LogP contribution in [0.1, 0.15) is 107 Å². The molecule has 2 aliphatic heterocycles. The van der Waals surface area contributed by atoms with Gasteiger partial charge in [0.05, 0.1) is 12.1 Å². The van der Waals surface area contributed by atoms with Crippen molar-refractivity contribution < 1.29 is 24.2 Å². The van der Waals surface area contributed by atoms with Gasteiger partial charge < -0.3 is 19.5 Å². The number of piperidine rings is 1. The number of unbranched alkanes of at least 4 members (excludes halogenated alkanes) is 2. The summed E-state index contributed by atoms with van der Waals surface area (Å²) in [5.74, 6) is 2.64. The Morgan fingerprint density at radius 2 is 1.83 bits per heavy atom. The molecule has 0 radical (unpaired) electrons. The molecule has 2 aromatic rings. The molecule has 1 spiro atoms. The van der Waals surface area contributed by atoms with Crippen molar-refractivity contribution in [3.8, 4) is 11.5 Å². The molecule has 7 heteroatoms. The summed E-state index contributed by atoms with van der Waals surface area (Å²) in [6, 6.07) is 15.2. The highest BCUT2D eigenvalue weighted by molar-refractivity contribution is 5.77. The van der Waals surface area contributed by atoms with Gasteiger partial charge in [-0.1, -0.05) is 62.1 Å². The fourth-order valence-corrected chi connectivity index (χ4v) is 10.7. The van der Waals surface area contributed by atoms with Gasteiger partial charge >= 0.3 is 5.97 Å². The van der Waals surface area contributed by atoms with Crippen LogP contribution in [0.15, 0.2) is 42.5 Å². The van der Waals surface area contributed by atoms with Crippen LogP contribution in [0.25, 0.3) is 0 Å². The van der Waals surface area contributed by atoms with E-state index in [4.69, 9.17) is 9.47 Å². The molecule has 2 aromatic carbocycles. The van der Waals surface area contributed by atoms with Crippen LogP contribution in [0.3, 0.4) is 0 Å². The second kappa shape index (κ2) is 13.4. The third-order valence-corrected chi connectivity index (χ3v) is 13.1. The van der Waals surface area contributed by atoms with Crippen LogP contribution in [0.2, 0.25) is 0 Å². The van der Waals surface area contributed by atoms with Gasteiger partial charge in [0.15, 0.2) is 11.5 Å². The van der Waals surface area contributed by atoms with Crippen molar-refractivity contribution in [3.63, 3.8) is 0 Å². The number of aliphatic hydroxyl groups excluding tert-OH is 1. The number of amides is 1. The second-order valence-electron chi connectivity index (χ2n) is 16.0. The van der Waals surface area contributed by atoms with E-state index >= 15 is 0 Å². The van der Waals surface area contributed by atoms with Crippen molar-refractivity contribution in [1.82, 2.24) is 9.80 Å². The Bertz CT molecular complexity index is 1490. The average molecular weight is 655 g/mol. The number of likely N-dealkylation sites (tertiary alicyclic amines) is 1. The van der Waals surface area contributed by atoms with Crippen molar-refractivity contribution in [3.05, 3.63) is 59.2 Å². The molecule has 2 unspecified atom stereocenters. The van der Waals surface area contributed by atoms with Gasteiger partial charge in [-0.3, -0.25) is 14.5 Å². The molecule has 7 atom stereocenters. The van der Waals surface area contributed by atoms with Gasteiger partial charge in [0.2, 0.25) is 5.91 Å². The van der Waals surface area contributed by atoms with E-state index in [0.29, 0.717) is 41.9 Å². The van der Waals surface area contributed by atoms with Crippen LogP contribution >= 0.6 is 0 Å². The van der Waals surface area contributed by atoms with Gasteiger partial charge in [-0.2, -0.15) is 0 Å². The molecule has 4 fully saturated rings. The number of benzene rings is 2. The summed E-state index contributed by atoms with van der Waals surface area (Å²) in [4.78, 5) is 31.6. The Kier molecular flexibility index (Phi) is 9.04. The van der Waals surface area contributed by atoms with Crippen LogP contribution in [0.5, 0.6) is 11.5 Å². The maximum atomic E-state index is 14.4. The summed E-state index contributed by atoms with van der Waals surface area (Å²) < 4.78 is 12.9. The van der Waals surface area contributed by atoms with Crippen LogP contribution < -0.4 is 9.47 Å². The lowest BCUT2D eigenvalue weighted by Crippen LogP contribution is -2.69. The lowest BCUT2D eigenvalue weighted by atomic mass is 9.51. The first-order valence-electron chi connectivity index (χ1n) is 19.2. The molecule has 1 N–H and O–H groups in total. The normalized spacial score (nSPS) is 31.9. The molecule has 258 valence electrons. The van der Waals surface area contributed by atoms with E-state index < -0.39 is 0 Å². The number of aliphatic hydroxyl groups is 1. The molecule has 6 aliphatic rings. The van der Waals surface area contributed by atoms with Crippen molar-refractivity contribution in [2.24, 2.45) is 17.8 Å². The highest BCUT2D eigenvalue weighted by atomic mass is 16.6. The fourth-order valence-electron chi connectivity index (χ4n) is 10.7. The standard InChI is InChI=1S/C41H54N2O5/c1-27(44)47-36-20-17-30-23-34-32-18-19-33(40-41(32,38(30)39(36)48-40)21-22-42(34)26-31-24-35(31)45)43(25-29-14-8-3-9-15-29)37(46)16-10-4-7-13-28-11-5-2-6-12-28/h2,5-6,11-12,17,20,29,31-35,40,45H,3-4,7-10,13-16,18-19,21-26H2,1H3/t31?,32-,33+,34+,35?,40-,41-/m0/s1. The van der Waals surface area contributed by atoms with Crippen LogP contribution in [0, 0.1) is 17.8 Å². The van der Waals surface area contributed by atoms with Crippen LogP contribution in [-0.4, -0.2) is 70.7 Å². The van der Waals surface area contributed by atoms with E-state index in [1.54, 1.807) is 0 Å². The third-order valence-electron chi connectivity index (χ3n) is 13.1. The second-order valence-corrected chi connectivity index (χ2v) is 16.0. The number of rotatable bonds is 12. The Morgan fingerprint density at radius 3 is 2.60 bits per heavy atom. The zero-order valence-electron chi connectivity index (χ0n) is 28.8. The number of nitrogens with zero attached hydrogens (tertiary/aromatic N) is 2. The van der Waals surface area contributed by atoms with E-state index in [2.05, 4.69) is 46.2 Å². The van der Waals surface area contributed by atoms with Gasteiger partial charge in [-0.05, 0) is 99.8 Å². The monoisotopic (exact) mass is 654 g/mol. The SMILES string of the molecule is CC(=O)Oc1ccc2c3c1O[C@H]1[C@H](N(CC4CCCCC4)C(=O)CCCCCc4ccccc4)CC[C@H]4[C@@H](C2)N(CC2CC2O)CC[C@@]341. The summed E-state index contributed by atoms with van der Waals surface area (Å²) in [6.45, 7) is 4.25. The molecule has 0 aromatic heterocycles. The fraction of sp³-hybridized carbons (Fsp3) is 0.659. The zero-order chi connectivity index (χ0) is 32.8. The third kappa shape index (κ3) is 5.97. The molecule has 2 bridgehead atoms. The summed E-state index contributed by atoms with van der Waals surface area (Å²) in [7, 11) is 0. The number of hydrogen-bond donors (Lipinski definition) is 1. The van der Waals surface area contributed by atoms with Crippen molar-refractivity contribution in [1.29, 1.82) is 0 Å². The van der Waals surface area contributed by atoms with Crippen LogP contribution in [-0.2, 0) is 27.8 Å². The first-order valence-corrected chi connectivity index (χ1v) is 19.2. The minimum absolute atomic E-state index is 0.0148. The summed E-state index contributed by atoms with van der Waals surface area (Å²) >= 11 is 0. The number of esters is 1. The first-order chi connectivity index (χ1) is 23.4. The number of hydrogen-bond acceptors (Lipinski definition) is 6. The number of ether oxygens (including phenoxy) is 2. The molecule has 8 rings (SSSR count). The number of carbonyl (C=O) groups is 2. The van der Waals surface area contributed by atoms with Crippen molar-refractivity contribution >= 4 is 11.9 Å². The quantitative estimate of drug-likeness (QED) is 0.158. The molecule has 48 heavy (non-hydrogen) atoms. The minimum atomic E-state index is -0.330. The van der Waals surface area contributed by atoms with Gasteiger partial charge in [0, 0.05) is 49.4 Å². The maximum Gasteiger partial charge on any atom is 0.308 e. The van der Waals surface area contributed by atoms with E-state index in [-0.39, 0.29) is 29.6 Å². The van der Waals surface area contributed by atoms with E-state index in [1.165, 1.54) is 55.7 Å². The molecular weight excluding hydrogens is 600 g/mol.